The molecule has 0 saturated carbocycles. The van der Waals surface area contributed by atoms with Crippen LogP contribution in [0.1, 0.15) is 36.9 Å². The average molecular weight is 505 g/mol. The van der Waals surface area contributed by atoms with Crippen LogP contribution in [0.3, 0.4) is 0 Å². The van der Waals surface area contributed by atoms with Crippen molar-refractivity contribution in [2.24, 2.45) is 0 Å². The molecule has 0 saturated heterocycles. The Morgan fingerprint density at radius 1 is 1.05 bits per heavy atom. The topological polar surface area (TPSA) is 120 Å². The Morgan fingerprint density at radius 3 is 2.51 bits per heavy atom. The number of allylic oxidation sites excluding steroid dienone is 2. The highest BCUT2D eigenvalue weighted by molar-refractivity contribution is 6.01. The fourth-order valence-corrected chi connectivity index (χ4v) is 3.85. The molecule has 0 bridgehead atoms. The van der Waals surface area contributed by atoms with Gasteiger partial charge in [-0.1, -0.05) is 30.3 Å². The molecule has 3 amide bonds. The lowest BCUT2D eigenvalue weighted by atomic mass is 9.97. The maximum Gasteiger partial charge on any atom is 0.323 e. The largest absolute Gasteiger partial charge is 0.495 e. The van der Waals surface area contributed by atoms with Crippen LogP contribution in [-0.4, -0.2) is 41.6 Å². The van der Waals surface area contributed by atoms with Crippen LogP contribution in [0.5, 0.6) is 5.75 Å². The standard InChI is InChI=1S/C28H32N4O5/c1-19-8-4-5-10-23(19)30-28(36)31-24-13-12-22(18-25(24)37-3)27(29-20(2)33)21-9-6-15-32(17-14-21)16-7-11-26(34)35/h4-6,8-10,12-15,17-18,27H,7,11,16H2,1-3H3,(H,29,33)(H,34,35)(H2,30,31,36). The molecule has 1 unspecified atom stereocenters. The Kier molecular flexibility index (Phi) is 9.48. The van der Waals surface area contributed by atoms with E-state index in [2.05, 4.69) is 16.0 Å². The predicted octanol–water partition coefficient (Wildman–Crippen LogP) is 4.96. The SMILES string of the molecule is COc1cc(C(NC(C)=O)C2=CC=CN(CCCC(=O)O)C=C2)ccc1NC(=O)Nc1ccccc1C. The number of carboxylic acid groups (broad SMARTS) is 1. The Morgan fingerprint density at radius 2 is 1.81 bits per heavy atom. The molecule has 0 radical (unpaired) electrons. The van der Waals surface area contributed by atoms with Gasteiger partial charge in [0.25, 0.3) is 0 Å². The second-order valence-corrected chi connectivity index (χ2v) is 8.55. The lowest BCUT2D eigenvalue weighted by Crippen LogP contribution is -2.27. The zero-order valence-corrected chi connectivity index (χ0v) is 21.2. The summed E-state index contributed by atoms with van der Waals surface area (Å²) in [6.07, 6.45) is 9.95. The highest BCUT2D eigenvalue weighted by Crippen LogP contribution is 2.32. The Labute approximate surface area is 216 Å². The molecule has 1 aliphatic rings. The summed E-state index contributed by atoms with van der Waals surface area (Å²) >= 11 is 0. The van der Waals surface area contributed by atoms with Gasteiger partial charge >= 0.3 is 12.0 Å². The van der Waals surface area contributed by atoms with E-state index in [1.54, 1.807) is 12.1 Å². The molecular formula is C28H32N4O5. The molecule has 2 aromatic rings. The van der Waals surface area contributed by atoms with E-state index in [0.29, 0.717) is 30.1 Å². The first kappa shape index (κ1) is 27.1. The molecule has 194 valence electrons. The number of urea groups is 1. The van der Waals surface area contributed by atoms with E-state index in [-0.39, 0.29) is 12.3 Å². The van der Waals surface area contributed by atoms with Gasteiger partial charge in [-0.15, -0.1) is 0 Å². The van der Waals surface area contributed by atoms with Crippen LogP contribution in [-0.2, 0) is 9.59 Å². The third kappa shape index (κ3) is 7.99. The average Bonchev–Trinajstić information content (AvgIpc) is 3.09. The van der Waals surface area contributed by atoms with E-state index >= 15 is 0 Å². The minimum atomic E-state index is -0.827. The number of aliphatic carboxylic acids is 1. The van der Waals surface area contributed by atoms with Crippen molar-refractivity contribution in [1.82, 2.24) is 10.2 Å². The van der Waals surface area contributed by atoms with Crippen LogP contribution >= 0.6 is 0 Å². The van der Waals surface area contributed by atoms with E-state index in [1.807, 2.05) is 72.8 Å². The van der Waals surface area contributed by atoms with Gasteiger partial charge in [0.05, 0.1) is 18.8 Å². The zero-order chi connectivity index (χ0) is 26.8. The number of para-hydroxylation sites is 1. The molecule has 9 nitrogen and oxygen atoms in total. The molecular weight excluding hydrogens is 472 g/mol. The number of nitrogens with one attached hydrogen (secondary N) is 3. The van der Waals surface area contributed by atoms with E-state index in [0.717, 1.165) is 16.7 Å². The number of aryl methyl sites for hydroxylation is 1. The number of ether oxygens (including phenoxy) is 1. The number of carboxylic acids is 1. The summed E-state index contributed by atoms with van der Waals surface area (Å²) in [6.45, 7) is 3.92. The molecule has 9 heteroatoms. The number of benzene rings is 2. The zero-order valence-electron chi connectivity index (χ0n) is 21.2. The van der Waals surface area contributed by atoms with Crippen LogP contribution in [0.2, 0.25) is 0 Å². The summed E-state index contributed by atoms with van der Waals surface area (Å²) in [4.78, 5) is 37.3. The maximum absolute atomic E-state index is 12.6. The third-order valence-electron chi connectivity index (χ3n) is 5.71. The molecule has 1 heterocycles. The normalized spacial score (nSPS) is 13.3. The minimum Gasteiger partial charge on any atom is -0.495 e. The number of hydrogen-bond acceptors (Lipinski definition) is 5. The smallest absolute Gasteiger partial charge is 0.323 e. The number of nitrogens with zero attached hydrogens (tertiary/aromatic N) is 1. The summed E-state index contributed by atoms with van der Waals surface area (Å²) in [5, 5.41) is 17.5. The number of hydrogen-bond donors (Lipinski definition) is 4. The van der Waals surface area contributed by atoms with Crippen molar-refractivity contribution in [3.8, 4) is 5.75 Å². The third-order valence-corrected chi connectivity index (χ3v) is 5.71. The van der Waals surface area contributed by atoms with E-state index < -0.39 is 18.0 Å². The lowest BCUT2D eigenvalue weighted by Gasteiger charge is -2.22. The molecule has 3 rings (SSSR count). The predicted molar refractivity (Wildman–Crippen MR) is 143 cm³/mol. The van der Waals surface area contributed by atoms with Gasteiger partial charge < -0.3 is 30.7 Å². The van der Waals surface area contributed by atoms with Gasteiger partial charge in [-0.05, 0) is 60.4 Å². The Hall–Kier alpha value is -4.53. The molecule has 1 aliphatic heterocycles. The van der Waals surface area contributed by atoms with Crippen LogP contribution in [0.15, 0.2) is 78.7 Å². The van der Waals surface area contributed by atoms with Gasteiger partial charge in [-0.3, -0.25) is 9.59 Å². The van der Waals surface area contributed by atoms with Crippen molar-refractivity contribution in [3.63, 3.8) is 0 Å². The summed E-state index contributed by atoms with van der Waals surface area (Å²) in [7, 11) is 1.51. The summed E-state index contributed by atoms with van der Waals surface area (Å²) < 4.78 is 5.55. The molecule has 4 N–H and O–H groups in total. The van der Waals surface area contributed by atoms with Crippen molar-refractivity contribution < 1.29 is 24.2 Å². The van der Waals surface area contributed by atoms with Crippen LogP contribution in [0.25, 0.3) is 0 Å². The number of rotatable bonds is 10. The first-order chi connectivity index (χ1) is 17.8. The van der Waals surface area contributed by atoms with Crippen molar-refractivity contribution in [3.05, 3.63) is 89.8 Å². The van der Waals surface area contributed by atoms with Gasteiger partial charge in [0.1, 0.15) is 5.75 Å². The molecule has 0 fully saturated rings. The molecule has 2 aromatic carbocycles. The van der Waals surface area contributed by atoms with Crippen LogP contribution in [0, 0.1) is 6.92 Å². The fraction of sp³-hybridized carbons (Fsp3) is 0.250. The van der Waals surface area contributed by atoms with E-state index in [4.69, 9.17) is 9.84 Å². The number of methoxy groups -OCH3 is 1. The minimum absolute atomic E-state index is 0.0934. The number of amides is 3. The second kappa shape index (κ2) is 13.0. The van der Waals surface area contributed by atoms with E-state index in [1.165, 1.54) is 14.0 Å². The molecule has 0 aliphatic carbocycles. The van der Waals surface area contributed by atoms with Crippen molar-refractivity contribution in [2.45, 2.75) is 32.7 Å². The van der Waals surface area contributed by atoms with E-state index in [9.17, 15) is 14.4 Å². The number of carbonyl (C=O) groups excluding carboxylic acids is 2. The number of carbonyl (C=O) groups is 3. The molecule has 0 spiro atoms. The van der Waals surface area contributed by atoms with Gasteiger partial charge in [-0.2, -0.15) is 0 Å². The molecule has 37 heavy (non-hydrogen) atoms. The first-order valence-corrected chi connectivity index (χ1v) is 11.9. The summed E-state index contributed by atoms with van der Waals surface area (Å²) in [5.74, 6) is -0.590. The molecule has 1 atom stereocenters. The van der Waals surface area contributed by atoms with Crippen molar-refractivity contribution in [2.75, 3.05) is 24.3 Å². The summed E-state index contributed by atoms with van der Waals surface area (Å²) in [5.41, 5.74) is 3.72. The quantitative estimate of drug-likeness (QED) is 0.363. The Balaban J connectivity index is 1.78. The van der Waals surface area contributed by atoms with Crippen molar-refractivity contribution in [1.29, 1.82) is 0 Å². The Bertz CT molecular complexity index is 1230. The monoisotopic (exact) mass is 504 g/mol. The van der Waals surface area contributed by atoms with Crippen molar-refractivity contribution >= 4 is 29.3 Å². The lowest BCUT2D eigenvalue weighted by molar-refractivity contribution is -0.137. The highest BCUT2D eigenvalue weighted by Gasteiger charge is 2.19. The number of anilines is 2. The first-order valence-electron chi connectivity index (χ1n) is 11.9. The highest BCUT2D eigenvalue weighted by atomic mass is 16.5. The summed E-state index contributed by atoms with van der Waals surface area (Å²) in [6, 6.07) is 11.9. The van der Waals surface area contributed by atoms with Crippen LogP contribution < -0.4 is 20.7 Å². The fourth-order valence-electron chi connectivity index (χ4n) is 3.85. The van der Waals surface area contributed by atoms with Crippen LogP contribution in [0.4, 0.5) is 16.2 Å². The van der Waals surface area contributed by atoms with Gasteiger partial charge in [-0.25, -0.2) is 4.79 Å². The maximum atomic E-state index is 12.6. The second-order valence-electron chi connectivity index (χ2n) is 8.55. The molecule has 0 aromatic heterocycles. The van der Waals surface area contributed by atoms with Gasteiger partial charge in [0, 0.05) is 38.0 Å². The van der Waals surface area contributed by atoms with Gasteiger partial charge in [0.15, 0.2) is 0 Å². The van der Waals surface area contributed by atoms with Gasteiger partial charge in [0.2, 0.25) is 5.91 Å².